The first-order chi connectivity index (χ1) is 10.7. The molecule has 5 nitrogen and oxygen atoms in total. The van der Waals surface area contributed by atoms with Crippen molar-refractivity contribution < 1.29 is 14.3 Å². The molecule has 0 unspecified atom stereocenters. The van der Waals surface area contributed by atoms with Crippen molar-refractivity contribution in [2.24, 2.45) is 0 Å². The van der Waals surface area contributed by atoms with Gasteiger partial charge in [0.25, 0.3) is 11.8 Å². The SMILES string of the molecule is CNC(=O)c1ccc(CN2C(=O)COc3ccccc32)cc1. The summed E-state index contributed by atoms with van der Waals surface area (Å²) >= 11 is 0. The summed E-state index contributed by atoms with van der Waals surface area (Å²) < 4.78 is 5.42. The van der Waals surface area contributed by atoms with Gasteiger partial charge >= 0.3 is 0 Å². The molecule has 0 spiro atoms. The summed E-state index contributed by atoms with van der Waals surface area (Å²) in [6.45, 7) is 0.501. The van der Waals surface area contributed by atoms with Gasteiger partial charge < -0.3 is 15.0 Å². The maximum atomic E-state index is 12.1. The second kappa shape index (κ2) is 5.89. The number of fused-ring (bicyclic) bond motifs is 1. The summed E-state index contributed by atoms with van der Waals surface area (Å²) in [7, 11) is 1.60. The summed E-state index contributed by atoms with van der Waals surface area (Å²) in [6, 6.07) is 14.7. The number of carbonyl (C=O) groups is 2. The molecule has 3 rings (SSSR count). The minimum absolute atomic E-state index is 0.0489. The summed E-state index contributed by atoms with van der Waals surface area (Å²) in [5.41, 5.74) is 2.33. The van der Waals surface area contributed by atoms with E-state index in [2.05, 4.69) is 5.32 Å². The van der Waals surface area contributed by atoms with Crippen molar-refractivity contribution >= 4 is 17.5 Å². The molecule has 1 aliphatic heterocycles. The van der Waals surface area contributed by atoms with E-state index in [0.29, 0.717) is 17.9 Å². The fraction of sp³-hybridized carbons (Fsp3) is 0.176. The molecule has 0 bridgehead atoms. The molecule has 2 amide bonds. The van der Waals surface area contributed by atoms with Gasteiger partial charge in [-0.05, 0) is 29.8 Å². The van der Waals surface area contributed by atoms with E-state index in [1.807, 2.05) is 36.4 Å². The summed E-state index contributed by atoms with van der Waals surface area (Å²) in [5.74, 6) is 0.512. The third-order valence-corrected chi connectivity index (χ3v) is 3.59. The van der Waals surface area contributed by atoms with E-state index >= 15 is 0 Å². The number of nitrogens with zero attached hydrogens (tertiary/aromatic N) is 1. The number of rotatable bonds is 3. The van der Waals surface area contributed by atoms with E-state index in [0.717, 1.165) is 11.3 Å². The van der Waals surface area contributed by atoms with E-state index in [9.17, 15) is 9.59 Å². The Balaban J connectivity index is 1.83. The second-order valence-electron chi connectivity index (χ2n) is 5.01. The van der Waals surface area contributed by atoms with Crippen LogP contribution in [0.5, 0.6) is 5.75 Å². The molecule has 0 aromatic heterocycles. The normalized spacial score (nSPS) is 13.3. The van der Waals surface area contributed by atoms with Crippen molar-refractivity contribution in [3.05, 3.63) is 59.7 Å². The van der Waals surface area contributed by atoms with Gasteiger partial charge in [0.05, 0.1) is 12.2 Å². The first-order valence-electron chi connectivity index (χ1n) is 7.02. The van der Waals surface area contributed by atoms with Crippen LogP contribution in [-0.4, -0.2) is 25.5 Å². The molecule has 5 heteroatoms. The fourth-order valence-corrected chi connectivity index (χ4v) is 2.42. The van der Waals surface area contributed by atoms with Crippen LogP contribution in [0.4, 0.5) is 5.69 Å². The maximum absolute atomic E-state index is 12.1. The smallest absolute Gasteiger partial charge is 0.265 e. The van der Waals surface area contributed by atoms with Crippen LogP contribution in [0.3, 0.4) is 0 Å². The topological polar surface area (TPSA) is 58.6 Å². The third kappa shape index (κ3) is 2.65. The predicted molar refractivity (Wildman–Crippen MR) is 83.0 cm³/mol. The molecular formula is C17H16N2O3. The first kappa shape index (κ1) is 14.1. The average molecular weight is 296 g/mol. The Kier molecular flexibility index (Phi) is 3.78. The lowest BCUT2D eigenvalue weighted by Gasteiger charge is -2.29. The highest BCUT2D eigenvalue weighted by Crippen LogP contribution is 2.32. The van der Waals surface area contributed by atoms with E-state index in [4.69, 9.17) is 4.74 Å². The molecule has 0 radical (unpaired) electrons. The zero-order valence-electron chi connectivity index (χ0n) is 12.2. The zero-order valence-corrected chi connectivity index (χ0v) is 12.2. The van der Waals surface area contributed by atoms with Crippen LogP contribution in [0.15, 0.2) is 48.5 Å². The number of nitrogens with one attached hydrogen (secondary N) is 1. The molecule has 112 valence electrons. The Morgan fingerprint density at radius 1 is 1.18 bits per heavy atom. The molecule has 0 saturated heterocycles. The number of ether oxygens (including phenoxy) is 1. The van der Waals surface area contributed by atoms with Crippen LogP contribution in [0.2, 0.25) is 0 Å². The second-order valence-corrected chi connectivity index (χ2v) is 5.01. The number of hydrogen-bond donors (Lipinski definition) is 1. The van der Waals surface area contributed by atoms with Crippen molar-refractivity contribution in [1.29, 1.82) is 0 Å². The van der Waals surface area contributed by atoms with E-state index in [-0.39, 0.29) is 18.4 Å². The van der Waals surface area contributed by atoms with E-state index < -0.39 is 0 Å². The molecule has 1 aliphatic rings. The van der Waals surface area contributed by atoms with Crippen LogP contribution in [0, 0.1) is 0 Å². The molecule has 2 aromatic rings. The molecular weight excluding hydrogens is 280 g/mol. The van der Waals surface area contributed by atoms with Gasteiger partial charge in [0.15, 0.2) is 6.61 Å². The van der Waals surface area contributed by atoms with Gasteiger partial charge in [-0.15, -0.1) is 0 Å². The highest BCUT2D eigenvalue weighted by molar-refractivity contribution is 5.97. The van der Waals surface area contributed by atoms with E-state index in [1.165, 1.54) is 0 Å². The third-order valence-electron chi connectivity index (χ3n) is 3.59. The molecule has 2 aromatic carbocycles. The van der Waals surface area contributed by atoms with Crippen molar-refractivity contribution in [2.45, 2.75) is 6.54 Å². The van der Waals surface area contributed by atoms with Gasteiger partial charge in [-0.3, -0.25) is 9.59 Å². The van der Waals surface area contributed by atoms with Crippen LogP contribution in [-0.2, 0) is 11.3 Å². The lowest BCUT2D eigenvalue weighted by Crippen LogP contribution is -2.38. The van der Waals surface area contributed by atoms with Gasteiger partial charge in [-0.25, -0.2) is 0 Å². The quantitative estimate of drug-likeness (QED) is 0.942. The summed E-state index contributed by atoms with van der Waals surface area (Å²) in [6.07, 6.45) is 0. The Morgan fingerprint density at radius 2 is 1.91 bits per heavy atom. The van der Waals surface area contributed by atoms with Gasteiger partial charge in [-0.1, -0.05) is 24.3 Å². The summed E-state index contributed by atoms with van der Waals surface area (Å²) in [4.78, 5) is 25.4. The minimum Gasteiger partial charge on any atom is -0.482 e. The maximum Gasteiger partial charge on any atom is 0.265 e. The Labute approximate surface area is 128 Å². The fourth-order valence-electron chi connectivity index (χ4n) is 2.42. The average Bonchev–Trinajstić information content (AvgIpc) is 2.57. The molecule has 0 saturated carbocycles. The van der Waals surface area contributed by atoms with E-state index in [1.54, 1.807) is 24.1 Å². The molecule has 1 heterocycles. The Hall–Kier alpha value is -2.82. The van der Waals surface area contributed by atoms with Gasteiger partial charge in [0.2, 0.25) is 0 Å². The minimum atomic E-state index is -0.126. The number of carbonyl (C=O) groups excluding carboxylic acids is 2. The number of amides is 2. The predicted octanol–water partition coefficient (Wildman–Crippen LogP) is 1.97. The van der Waals surface area contributed by atoms with Crippen LogP contribution in [0.1, 0.15) is 15.9 Å². The first-order valence-corrected chi connectivity index (χ1v) is 7.02. The molecule has 0 atom stereocenters. The van der Waals surface area contributed by atoms with Crippen LogP contribution in [0.25, 0.3) is 0 Å². The zero-order chi connectivity index (χ0) is 15.5. The Morgan fingerprint density at radius 3 is 2.64 bits per heavy atom. The number of para-hydroxylation sites is 2. The summed E-state index contributed by atoms with van der Waals surface area (Å²) in [5, 5.41) is 2.58. The van der Waals surface area contributed by atoms with Crippen LogP contribution >= 0.6 is 0 Å². The standard InChI is InChI=1S/C17H16N2O3/c1-18-17(21)13-8-6-12(7-9-13)10-19-14-4-2-3-5-15(14)22-11-16(19)20/h2-9H,10-11H2,1H3,(H,18,21). The molecule has 1 N–H and O–H groups in total. The highest BCUT2D eigenvalue weighted by atomic mass is 16.5. The van der Waals surface area contributed by atoms with Gasteiger partial charge in [0, 0.05) is 12.6 Å². The van der Waals surface area contributed by atoms with Gasteiger partial charge in [0.1, 0.15) is 5.75 Å². The lowest BCUT2D eigenvalue weighted by molar-refractivity contribution is -0.121. The highest BCUT2D eigenvalue weighted by Gasteiger charge is 2.25. The van der Waals surface area contributed by atoms with Crippen molar-refractivity contribution in [3.63, 3.8) is 0 Å². The van der Waals surface area contributed by atoms with Crippen molar-refractivity contribution in [3.8, 4) is 5.75 Å². The number of anilines is 1. The molecule has 0 aliphatic carbocycles. The van der Waals surface area contributed by atoms with Crippen molar-refractivity contribution in [2.75, 3.05) is 18.6 Å². The molecule has 0 fully saturated rings. The lowest BCUT2D eigenvalue weighted by atomic mass is 10.1. The Bertz CT molecular complexity index is 710. The van der Waals surface area contributed by atoms with Crippen LogP contribution < -0.4 is 15.0 Å². The largest absolute Gasteiger partial charge is 0.482 e. The number of benzene rings is 2. The monoisotopic (exact) mass is 296 g/mol. The molecule has 22 heavy (non-hydrogen) atoms. The number of hydrogen-bond acceptors (Lipinski definition) is 3. The van der Waals surface area contributed by atoms with Gasteiger partial charge in [-0.2, -0.15) is 0 Å². The van der Waals surface area contributed by atoms with Crippen molar-refractivity contribution in [1.82, 2.24) is 5.32 Å².